The van der Waals surface area contributed by atoms with Crippen molar-refractivity contribution in [1.82, 2.24) is 14.5 Å². The molecule has 0 saturated carbocycles. The first-order chi connectivity index (χ1) is 16.0. The van der Waals surface area contributed by atoms with E-state index in [0.717, 1.165) is 21.9 Å². The summed E-state index contributed by atoms with van der Waals surface area (Å²) in [7, 11) is -0.959. The maximum Gasteiger partial charge on any atom is 0.243 e. The van der Waals surface area contributed by atoms with Crippen LogP contribution < -0.4 is 10.1 Å². The Morgan fingerprint density at radius 1 is 1.09 bits per heavy atom. The molecular formula is C25H35N3O5S. The highest BCUT2D eigenvalue weighted by Gasteiger charge is 2.30. The molecular weight excluding hydrogens is 454 g/mol. The Morgan fingerprint density at radius 2 is 1.74 bits per heavy atom. The van der Waals surface area contributed by atoms with Crippen molar-refractivity contribution in [2.45, 2.75) is 57.6 Å². The van der Waals surface area contributed by atoms with E-state index in [1.165, 1.54) is 24.1 Å². The van der Waals surface area contributed by atoms with Gasteiger partial charge in [-0.05, 0) is 57.0 Å². The lowest BCUT2D eigenvalue weighted by Crippen LogP contribution is -2.51. The molecule has 2 atom stereocenters. The Morgan fingerprint density at radius 3 is 2.32 bits per heavy atom. The zero-order chi connectivity index (χ0) is 25.5. The van der Waals surface area contributed by atoms with Gasteiger partial charge in [0.2, 0.25) is 21.8 Å². The van der Waals surface area contributed by atoms with Crippen molar-refractivity contribution in [2.24, 2.45) is 0 Å². The van der Waals surface area contributed by atoms with E-state index in [1.807, 2.05) is 26.8 Å². The number of aryl methyl sites for hydroxylation is 1. The molecule has 0 aromatic heterocycles. The number of likely N-dealkylation sites (N-methyl/N-ethyl adjacent to an activating group) is 1. The highest BCUT2D eigenvalue weighted by atomic mass is 32.2. The monoisotopic (exact) mass is 489 g/mol. The summed E-state index contributed by atoms with van der Waals surface area (Å²) in [5.74, 6) is -0.150. The minimum atomic E-state index is -3.87. The number of rotatable bonds is 11. The molecule has 186 valence electrons. The molecule has 2 rings (SSSR count). The Balaban J connectivity index is 2.29. The van der Waals surface area contributed by atoms with Gasteiger partial charge in [0.1, 0.15) is 11.8 Å². The van der Waals surface area contributed by atoms with Gasteiger partial charge in [-0.1, -0.05) is 36.8 Å². The highest BCUT2D eigenvalue weighted by Crippen LogP contribution is 2.18. The lowest BCUT2D eigenvalue weighted by atomic mass is 10.1. The Hall–Kier alpha value is -2.91. The number of ether oxygens (including phenoxy) is 1. The maximum absolute atomic E-state index is 13.4. The van der Waals surface area contributed by atoms with Crippen molar-refractivity contribution >= 4 is 21.8 Å². The van der Waals surface area contributed by atoms with Gasteiger partial charge in [0, 0.05) is 19.6 Å². The number of sulfonamides is 1. The fraction of sp³-hybridized carbons (Fsp3) is 0.440. The van der Waals surface area contributed by atoms with Crippen molar-refractivity contribution in [1.29, 1.82) is 0 Å². The Labute approximate surface area is 202 Å². The van der Waals surface area contributed by atoms with E-state index in [1.54, 1.807) is 44.4 Å². The number of benzene rings is 2. The highest BCUT2D eigenvalue weighted by molar-refractivity contribution is 7.89. The van der Waals surface area contributed by atoms with E-state index in [2.05, 4.69) is 5.32 Å². The second-order valence-corrected chi connectivity index (χ2v) is 10.5. The van der Waals surface area contributed by atoms with Gasteiger partial charge in [-0.3, -0.25) is 9.59 Å². The standard InChI is InChI=1S/C25H35N3O5S/c1-7-19(3)26-25(30)20(4)28(16-21-9-8-10-22(15-21)33-6)24(29)17-27(5)34(31,32)23-13-11-18(2)12-14-23/h8-15,19-20H,7,16-17H2,1-6H3,(H,26,30)/t19-,20+/m0/s1. The van der Waals surface area contributed by atoms with Gasteiger partial charge in [0.05, 0.1) is 18.6 Å². The molecule has 0 aliphatic heterocycles. The second-order valence-electron chi connectivity index (χ2n) is 8.44. The number of amides is 2. The third-order valence-corrected chi connectivity index (χ3v) is 7.56. The summed E-state index contributed by atoms with van der Waals surface area (Å²) in [5, 5.41) is 2.90. The predicted octanol–water partition coefficient (Wildman–Crippen LogP) is 2.96. The molecule has 8 nitrogen and oxygen atoms in total. The molecule has 0 aliphatic carbocycles. The van der Waals surface area contributed by atoms with Crippen LogP contribution in [0.25, 0.3) is 0 Å². The minimum absolute atomic E-state index is 0.0479. The average Bonchev–Trinajstić information content (AvgIpc) is 2.82. The summed E-state index contributed by atoms with van der Waals surface area (Å²) in [6.45, 7) is 7.08. The third kappa shape index (κ3) is 7.04. The lowest BCUT2D eigenvalue weighted by molar-refractivity contribution is -0.140. The molecule has 1 N–H and O–H groups in total. The quantitative estimate of drug-likeness (QED) is 0.524. The molecule has 0 spiro atoms. The van der Waals surface area contributed by atoms with Crippen LogP contribution in [0.1, 0.15) is 38.3 Å². The molecule has 0 aliphatic rings. The number of hydrogen-bond donors (Lipinski definition) is 1. The molecule has 0 fully saturated rings. The zero-order valence-electron chi connectivity index (χ0n) is 20.7. The number of carbonyl (C=O) groups is 2. The van der Waals surface area contributed by atoms with E-state index < -0.39 is 28.5 Å². The maximum atomic E-state index is 13.4. The first-order valence-corrected chi connectivity index (χ1v) is 12.7. The summed E-state index contributed by atoms with van der Waals surface area (Å²) in [4.78, 5) is 27.7. The van der Waals surface area contributed by atoms with Crippen LogP contribution in [0, 0.1) is 6.92 Å². The normalized spacial score (nSPS) is 13.3. The van der Waals surface area contributed by atoms with E-state index in [-0.39, 0.29) is 23.4 Å². The van der Waals surface area contributed by atoms with Crippen LogP contribution in [-0.2, 0) is 26.2 Å². The van der Waals surface area contributed by atoms with Crippen molar-refractivity contribution in [3.8, 4) is 5.75 Å². The van der Waals surface area contributed by atoms with Crippen molar-refractivity contribution in [3.63, 3.8) is 0 Å². The Kier molecular flexibility index (Phi) is 9.64. The van der Waals surface area contributed by atoms with Crippen LogP contribution in [0.5, 0.6) is 5.75 Å². The van der Waals surface area contributed by atoms with Gasteiger partial charge in [-0.2, -0.15) is 4.31 Å². The van der Waals surface area contributed by atoms with Gasteiger partial charge in [0.25, 0.3) is 0 Å². The van der Waals surface area contributed by atoms with Crippen LogP contribution in [0.4, 0.5) is 0 Å². The van der Waals surface area contributed by atoms with Crippen LogP contribution in [0.2, 0.25) is 0 Å². The van der Waals surface area contributed by atoms with E-state index in [0.29, 0.717) is 5.75 Å². The fourth-order valence-corrected chi connectivity index (χ4v) is 4.39. The van der Waals surface area contributed by atoms with Gasteiger partial charge < -0.3 is 15.0 Å². The Bertz CT molecular complexity index is 1090. The minimum Gasteiger partial charge on any atom is -0.497 e. The average molecular weight is 490 g/mol. The molecule has 34 heavy (non-hydrogen) atoms. The molecule has 0 saturated heterocycles. The van der Waals surface area contributed by atoms with E-state index >= 15 is 0 Å². The largest absolute Gasteiger partial charge is 0.497 e. The van der Waals surface area contributed by atoms with Gasteiger partial charge in [-0.15, -0.1) is 0 Å². The predicted molar refractivity (Wildman–Crippen MR) is 132 cm³/mol. The first-order valence-electron chi connectivity index (χ1n) is 11.2. The fourth-order valence-electron chi connectivity index (χ4n) is 3.27. The molecule has 0 radical (unpaired) electrons. The number of hydrogen-bond acceptors (Lipinski definition) is 5. The molecule has 2 aromatic rings. The van der Waals surface area contributed by atoms with Crippen LogP contribution in [-0.4, -0.2) is 62.2 Å². The van der Waals surface area contributed by atoms with Crippen LogP contribution >= 0.6 is 0 Å². The van der Waals surface area contributed by atoms with Crippen molar-refractivity contribution in [3.05, 3.63) is 59.7 Å². The summed E-state index contributed by atoms with van der Waals surface area (Å²) >= 11 is 0. The smallest absolute Gasteiger partial charge is 0.243 e. The lowest BCUT2D eigenvalue weighted by Gasteiger charge is -2.31. The van der Waals surface area contributed by atoms with Gasteiger partial charge >= 0.3 is 0 Å². The summed E-state index contributed by atoms with van der Waals surface area (Å²) in [5.41, 5.74) is 1.70. The summed E-state index contributed by atoms with van der Waals surface area (Å²) in [6, 6.07) is 12.8. The number of nitrogens with zero attached hydrogens (tertiary/aromatic N) is 2. The molecule has 0 bridgehead atoms. The SMILES string of the molecule is CC[C@H](C)NC(=O)[C@@H](C)N(Cc1cccc(OC)c1)C(=O)CN(C)S(=O)(=O)c1ccc(C)cc1. The number of nitrogens with one attached hydrogen (secondary N) is 1. The molecule has 2 amide bonds. The summed E-state index contributed by atoms with van der Waals surface area (Å²) < 4.78 is 32.3. The topological polar surface area (TPSA) is 96.0 Å². The summed E-state index contributed by atoms with van der Waals surface area (Å²) in [6.07, 6.45) is 0.750. The first kappa shape index (κ1) is 27.3. The molecule has 9 heteroatoms. The molecule has 0 unspecified atom stereocenters. The van der Waals surface area contributed by atoms with E-state index in [4.69, 9.17) is 4.74 Å². The number of carbonyl (C=O) groups excluding carboxylic acids is 2. The third-order valence-electron chi connectivity index (χ3n) is 5.74. The zero-order valence-corrected chi connectivity index (χ0v) is 21.6. The second kappa shape index (κ2) is 12.0. The van der Waals surface area contributed by atoms with E-state index in [9.17, 15) is 18.0 Å². The van der Waals surface area contributed by atoms with Crippen LogP contribution in [0.15, 0.2) is 53.4 Å². The van der Waals surface area contributed by atoms with Crippen molar-refractivity contribution in [2.75, 3.05) is 20.7 Å². The molecule has 0 heterocycles. The molecule has 2 aromatic carbocycles. The van der Waals surface area contributed by atoms with Gasteiger partial charge in [0.15, 0.2) is 0 Å². The van der Waals surface area contributed by atoms with Crippen LogP contribution in [0.3, 0.4) is 0 Å². The van der Waals surface area contributed by atoms with Crippen molar-refractivity contribution < 1.29 is 22.7 Å². The van der Waals surface area contributed by atoms with Gasteiger partial charge in [-0.25, -0.2) is 8.42 Å². The number of methoxy groups -OCH3 is 1.